The van der Waals surface area contributed by atoms with E-state index in [2.05, 4.69) is 9.84 Å². The summed E-state index contributed by atoms with van der Waals surface area (Å²) in [5.74, 6) is -3.97. The van der Waals surface area contributed by atoms with Crippen LogP contribution in [0.2, 0.25) is 0 Å². The van der Waals surface area contributed by atoms with E-state index in [0.29, 0.717) is 25.2 Å². The number of amides is 1. The molecule has 0 aliphatic carbocycles. The topological polar surface area (TPSA) is 84.7 Å². The average molecular weight is 365 g/mol. The van der Waals surface area contributed by atoms with Gasteiger partial charge in [0.1, 0.15) is 0 Å². The minimum Gasteiger partial charge on any atom is -0.491 e. The number of carboxylic acid groups (broad SMARTS) is 1. The van der Waals surface area contributed by atoms with Gasteiger partial charge >= 0.3 is 5.97 Å². The van der Waals surface area contributed by atoms with Crippen molar-refractivity contribution >= 4 is 11.9 Å². The molecule has 2 aromatic rings. The number of aryl methyl sites for hydroxylation is 1. The molecule has 0 bridgehead atoms. The molecule has 1 N–H and O–H groups in total. The number of halogens is 2. The molecule has 1 aromatic carbocycles. The first kappa shape index (κ1) is 17.8. The monoisotopic (exact) mass is 365 g/mol. The van der Waals surface area contributed by atoms with Crippen LogP contribution in [0.25, 0.3) is 0 Å². The zero-order valence-electron chi connectivity index (χ0n) is 14.0. The zero-order valence-corrected chi connectivity index (χ0v) is 14.0. The smallest absolute Gasteiger partial charge is 0.303 e. The van der Waals surface area contributed by atoms with E-state index in [1.807, 2.05) is 0 Å². The fourth-order valence-corrected chi connectivity index (χ4v) is 2.91. The van der Waals surface area contributed by atoms with Crippen molar-refractivity contribution in [2.24, 2.45) is 0 Å². The highest BCUT2D eigenvalue weighted by Gasteiger charge is 2.27. The number of ether oxygens (including phenoxy) is 1. The van der Waals surface area contributed by atoms with E-state index >= 15 is 0 Å². The van der Waals surface area contributed by atoms with Crippen molar-refractivity contribution in [2.75, 3.05) is 13.7 Å². The molecule has 1 amide bonds. The Kier molecular flexibility index (Phi) is 4.88. The molecule has 0 unspecified atom stereocenters. The quantitative estimate of drug-likeness (QED) is 0.874. The second-order valence-corrected chi connectivity index (χ2v) is 5.91. The van der Waals surface area contributed by atoms with Crippen LogP contribution >= 0.6 is 0 Å². The number of carbonyl (C=O) groups excluding carboxylic acids is 1. The van der Waals surface area contributed by atoms with Crippen molar-refractivity contribution in [3.05, 3.63) is 46.8 Å². The van der Waals surface area contributed by atoms with E-state index in [4.69, 9.17) is 5.11 Å². The number of nitrogens with zero attached hydrogens (tertiary/aromatic N) is 3. The Morgan fingerprint density at radius 1 is 1.31 bits per heavy atom. The average Bonchev–Trinajstić information content (AvgIpc) is 3.02. The van der Waals surface area contributed by atoms with Gasteiger partial charge in [-0.25, -0.2) is 8.78 Å². The summed E-state index contributed by atoms with van der Waals surface area (Å²) in [5, 5.41) is 13.1. The number of aromatic nitrogens is 2. The molecule has 0 saturated carbocycles. The molecule has 9 heteroatoms. The number of carboxylic acids is 1. The Morgan fingerprint density at radius 2 is 2.08 bits per heavy atom. The first-order chi connectivity index (χ1) is 12.4. The zero-order chi connectivity index (χ0) is 18.8. The number of rotatable bonds is 5. The lowest BCUT2D eigenvalue weighted by Crippen LogP contribution is -2.38. The Balaban J connectivity index is 1.78. The van der Waals surface area contributed by atoms with Crippen LogP contribution in [0.1, 0.15) is 28.2 Å². The van der Waals surface area contributed by atoms with Gasteiger partial charge in [-0.2, -0.15) is 5.10 Å². The third-order valence-electron chi connectivity index (χ3n) is 4.21. The SMILES string of the molecule is COc1c(F)ccc(C(=O)N2CCn3nc(CCC(=O)O)cc3C2)c1F. The fraction of sp³-hybridized carbons (Fsp3) is 0.353. The number of hydrogen-bond acceptors (Lipinski definition) is 4. The Hall–Kier alpha value is -2.97. The third kappa shape index (κ3) is 3.37. The Bertz CT molecular complexity index is 866. The molecule has 138 valence electrons. The number of methoxy groups -OCH3 is 1. The predicted molar refractivity (Wildman–Crippen MR) is 85.8 cm³/mol. The fourth-order valence-electron chi connectivity index (χ4n) is 2.91. The van der Waals surface area contributed by atoms with E-state index in [9.17, 15) is 18.4 Å². The second kappa shape index (κ2) is 7.11. The molecule has 26 heavy (non-hydrogen) atoms. The van der Waals surface area contributed by atoms with Crippen molar-refractivity contribution in [1.82, 2.24) is 14.7 Å². The number of fused-ring (bicyclic) bond motifs is 1. The third-order valence-corrected chi connectivity index (χ3v) is 4.21. The maximum Gasteiger partial charge on any atom is 0.303 e. The highest BCUT2D eigenvalue weighted by Crippen LogP contribution is 2.26. The molecule has 1 aliphatic rings. The van der Waals surface area contributed by atoms with Crippen LogP contribution < -0.4 is 4.74 Å². The van der Waals surface area contributed by atoms with Gasteiger partial charge in [0.2, 0.25) is 0 Å². The van der Waals surface area contributed by atoms with Gasteiger partial charge in [-0.1, -0.05) is 0 Å². The summed E-state index contributed by atoms with van der Waals surface area (Å²) in [7, 11) is 1.13. The van der Waals surface area contributed by atoms with Gasteiger partial charge in [0.25, 0.3) is 5.91 Å². The van der Waals surface area contributed by atoms with Crippen LogP contribution in [0.3, 0.4) is 0 Å². The normalized spacial score (nSPS) is 13.4. The molecular weight excluding hydrogens is 348 g/mol. The molecule has 1 aliphatic heterocycles. The largest absolute Gasteiger partial charge is 0.491 e. The number of benzene rings is 1. The maximum absolute atomic E-state index is 14.3. The molecular formula is C17H17F2N3O4. The number of carbonyl (C=O) groups is 2. The van der Waals surface area contributed by atoms with Crippen LogP contribution in [0.15, 0.2) is 18.2 Å². The predicted octanol–water partition coefficient (Wildman–Crippen LogP) is 1.84. The molecule has 0 fully saturated rings. The highest BCUT2D eigenvalue weighted by molar-refractivity contribution is 5.95. The van der Waals surface area contributed by atoms with Crippen molar-refractivity contribution in [1.29, 1.82) is 0 Å². The summed E-state index contributed by atoms with van der Waals surface area (Å²) in [6, 6.07) is 3.83. The maximum atomic E-state index is 14.3. The number of aliphatic carboxylic acids is 1. The molecule has 0 atom stereocenters. The van der Waals surface area contributed by atoms with Gasteiger partial charge < -0.3 is 14.7 Å². The van der Waals surface area contributed by atoms with Crippen molar-refractivity contribution in [3.63, 3.8) is 0 Å². The Labute approximate surface area is 147 Å². The van der Waals surface area contributed by atoms with E-state index < -0.39 is 29.3 Å². The van der Waals surface area contributed by atoms with Gasteiger partial charge in [-0.3, -0.25) is 14.3 Å². The summed E-state index contributed by atoms with van der Waals surface area (Å²) in [6.45, 7) is 0.928. The molecule has 0 saturated heterocycles. The van der Waals surface area contributed by atoms with Crippen LogP contribution in [-0.2, 0) is 24.3 Å². The van der Waals surface area contributed by atoms with E-state index in [1.54, 1.807) is 10.7 Å². The van der Waals surface area contributed by atoms with Gasteiger partial charge in [-0.05, 0) is 18.2 Å². The van der Waals surface area contributed by atoms with E-state index in [1.165, 1.54) is 4.90 Å². The molecule has 0 spiro atoms. The molecule has 2 heterocycles. The van der Waals surface area contributed by atoms with Crippen molar-refractivity contribution < 1.29 is 28.2 Å². The summed E-state index contributed by atoms with van der Waals surface area (Å²) >= 11 is 0. The minimum absolute atomic E-state index is 0.0281. The van der Waals surface area contributed by atoms with Crippen LogP contribution in [0.5, 0.6) is 5.75 Å². The van der Waals surface area contributed by atoms with Gasteiger partial charge in [-0.15, -0.1) is 0 Å². The van der Waals surface area contributed by atoms with Gasteiger partial charge in [0.05, 0.1) is 43.6 Å². The standard InChI is InChI=1S/C17H17F2N3O4/c1-26-16-13(18)4-3-12(15(16)19)17(25)21-6-7-22-11(9-21)8-10(20-22)2-5-14(23)24/h3-4,8H,2,5-7,9H2,1H3,(H,23,24). The van der Waals surface area contributed by atoms with Gasteiger partial charge in [0.15, 0.2) is 17.4 Å². The number of hydrogen-bond donors (Lipinski definition) is 1. The minimum atomic E-state index is -1.03. The summed E-state index contributed by atoms with van der Waals surface area (Å²) < 4.78 is 34.2. The van der Waals surface area contributed by atoms with Crippen molar-refractivity contribution in [2.45, 2.75) is 25.9 Å². The van der Waals surface area contributed by atoms with Gasteiger partial charge in [0, 0.05) is 13.0 Å². The molecule has 3 rings (SSSR count). The Morgan fingerprint density at radius 3 is 2.77 bits per heavy atom. The first-order valence-corrected chi connectivity index (χ1v) is 7.99. The summed E-state index contributed by atoms with van der Waals surface area (Å²) in [4.78, 5) is 24.7. The second-order valence-electron chi connectivity index (χ2n) is 5.91. The van der Waals surface area contributed by atoms with Crippen molar-refractivity contribution in [3.8, 4) is 5.75 Å². The van der Waals surface area contributed by atoms with Crippen LogP contribution in [0.4, 0.5) is 8.78 Å². The lowest BCUT2D eigenvalue weighted by molar-refractivity contribution is -0.136. The first-order valence-electron chi connectivity index (χ1n) is 7.99. The summed E-state index contributed by atoms with van der Waals surface area (Å²) in [6.07, 6.45) is 0.271. The summed E-state index contributed by atoms with van der Waals surface area (Å²) in [5.41, 5.74) is 1.10. The molecule has 1 aromatic heterocycles. The van der Waals surface area contributed by atoms with Crippen LogP contribution in [-0.4, -0.2) is 45.3 Å². The van der Waals surface area contributed by atoms with E-state index in [0.717, 1.165) is 24.9 Å². The molecule has 7 nitrogen and oxygen atoms in total. The molecule has 0 radical (unpaired) electrons. The van der Waals surface area contributed by atoms with E-state index in [-0.39, 0.29) is 18.5 Å². The lowest BCUT2D eigenvalue weighted by Gasteiger charge is -2.28. The van der Waals surface area contributed by atoms with Crippen LogP contribution in [0, 0.1) is 11.6 Å². The highest BCUT2D eigenvalue weighted by atomic mass is 19.1. The lowest BCUT2D eigenvalue weighted by atomic mass is 10.1.